The Hall–Kier alpha value is -2.64. The molecule has 0 aliphatic heterocycles. The zero-order chi connectivity index (χ0) is 18.7. The van der Waals surface area contributed by atoms with Gasteiger partial charge in [-0.3, -0.25) is 9.78 Å². The maximum Gasteiger partial charge on any atom is 0.253 e. The summed E-state index contributed by atoms with van der Waals surface area (Å²) in [6.45, 7) is 0.168. The molecule has 0 saturated heterocycles. The van der Waals surface area contributed by atoms with Crippen LogP contribution < -0.4 is 5.32 Å². The number of amides is 1. The van der Waals surface area contributed by atoms with E-state index in [0.29, 0.717) is 22.6 Å². The van der Waals surface area contributed by atoms with Gasteiger partial charge in [0.15, 0.2) is 15.6 Å². The number of sulfone groups is 1. The molecule has 1 N–H and O–H groups in total. The molecule has 1 amide bonds. The molecular formula is C18H15ClN2O4S. The van der Waals surface area contributed by atoms with E-state index in [4.69, 9.17) is 16.0 Å². The lowest BCUT2D eigenvalue weighted by atomic mass is 10.2. The normalized spacial score (nSPS) is 11.3. The summed E-state index contributed by atoms with van der Waals surface area (Å²) in [7, 11) is -3.33. The fraction of sp³-hybridized carbons (Fsp3) is 0.111. The Balaban J connectivity index is 1.67. The minimum absolute atomic E-state index is 0.135. The molecule has 0 aliphatic rings. The first-order chi connectivity index (χ1) is 12.3. The van der Waals surface area contributed by atoms with E-state index in [2.05, 4.69) is 10.3 Å². The van der Waals surface area contributed by atoms with Crippen LogP contribution in [0.1, 0.15) is 15.9 Å². The van der Waals surface area contributed by atoms with Gasteiger partial charge in [0.25, 0.3) is 5.91 Å². The second-order valence-corrected chi connectivity index (χ2v) is 8.04. The van der Waals surface area contributed by atoms with Crippen LogP contribution >= 0.6 is 11.6 Å². The lowest BCUT2D eigenvalue weighted by Gasteiger charge is -2.08. The van der Waals surface area contributed by atoms with E-state index in [1.165, 1.54) is 18.3 Å². The molecule has 0 bridgehead atoms. The molecule has 0 fully saturated rings. The summed E-state index contributed by atoms with van der Waals surface area (Å²) in [5.41, 5.74) is 1.64. The molecule has 2 heterocycles. The van der Waals surface area contributed by atoms with Crippen LogP contribution in [0.4, 0.5) is 0 Å². The summed E-state index contributed by atoms with van der Waals surface area (Å²) in [6, 6.07) is 11.3. The third-order valence-electron chi connectivity index (χ3n) is 3.69. The average Bonchev–Trinajstić information content (AvgIpc) is 3.14. The first-order valence-electron chi connectivity index (χ1n) is 7.61. The number of nitrogens with one attached hydrogen (secondary N) is 1. The third-order valence-corrected chi connectivity index (χ3v) is 5.15. The number of carbonyl (C=O) groups is 1. The van der Waals surface area contributed by atoms with Crippen molar-refractivity contribution in [1.82, 2.24) is 10.3 Å². The molecule has 3 rings (SSSR count). The highest BCUT2D eigenvalue weighted by Gasteiger charge is 2.12. The van der Waals surface area contributed by atoms with Crippen LogP contribution in [0.5, 0.6) is 0 Å². The van der Waals surface area contributed by atoms with Gasteiger partial charge in [0, 0.05) is 24.0 Å². The molecule has 8 heteroatoms. The van der Waals surface area contributed by atoms with Gasteiger partial charge in [-0.15, -0.1) is 0 Å². The number of rotatable bonds is 5. The summed E-state index contributed by atoms with van der Waals surface area (Å²) in [6.07, 6.45) is 4.12. The zero-order valence-electron chi connectivity index (χ0n) is 13.8. The number of furan rings is 1. The second-order valence-electron chi connectivity index (χ2n) is 5.62. The Morgan fingerprint density at radius 3 is 2.62 bits per heavy atom. The van der Waals surface area contributed by atoms with Crippen molar-refractivity contribution in [2.24, 2.45) is 0 Å². The van der Waals surface area contributed by atoms with Crippen LogP contribution in [0, 0.1) is 0 Å². The standard InChI is InChI=1S/C18H15ClN2O4S/c1-26(23,24)14-6-4-12(15(19)9-14)10-21-18(22)13-5-7-16(20-11-13)17-3-2-8-25-17/h2-9,11H,10H2,1H3,(H,21,22). The van der Waals surface area contributed by atoms with Crippen molar-refractivity contribution in [1.29, 1.82) is 0 Å². The Morgan fingerprint density at radius 2 is 2.04 bits per heavy atom. The van der Waals surface area contributed by atoms with Crippen molar-refractivity contribution in [3.63, 3.8) is 0 Å². The first-order valence-corrected chi connectivity index (χ1v) is 9.88. The van der Waals surface area contributed by atoms with E-state index < -0.39 is 9.84 Å². The lowest BCUT2D eigenvalue weighted by Crippen LogP contribution is -2.23. The van der Waals surface area contributed by atoms with E-state index in [1.54, 1.807) is 36.6 Å². The van der Waals surface area contributed by atoms with Crippen molar-refractivity contribution in [2.45, 2.75) is 11.4 Å². The quantitative estimate of drug-likeness (QED) is 0.721. The number of hydrogen-bond donors (Lipinski definition) is 1. The topological polar surface area (TPSA) is 89.3 Å². The van der Waals surface area contributed by atoms with Crippen molar-refractivity contribution in [3.8, 4) is 11.5 Å². The molecule has 0 aliphatic carbocycles. The van der Waals surface area contributed by atoms with E-state index in [9.17, 15) is 13.2 Å². The molecule has 134 valence electrons. The maximum absolute atomic E-state index is 12.2. The predicted molar refractivity (Wildman–Crippen MR) is 97.7 cm³/mol. The highest BCUT2D eigenvalue weighted by Crippen LogP contribution is 2.21. The molecule has 2 aromatic heterocycles. The Kier molecular flexibility index (Phi) is 5.11. The van der Waals surface area contributed by atoms with E-state index in [-0.39, 0.29) is 22.4 Å². The highest BCUT2D eigenvalue weighted by atomic mass is 35.5. The SMILES string of the molecule is CS(=O)(=O)c1ccc(CNC(=O)c2ccc(-c3ccco3)nc2)c(Cl)c1. The monoisotopic (exact) mass is 390 g/mol. The molecule has 0 spiro atoms. The number of benzene rings is 1. The Bertz CT molecular complexity index is 1030. The van der Waals surface area contributed by atoms with Crippen LogP contribution in [0.2, 0.25) is 5.02 Å². The third kappa shape index (κ3) is 4.12. The number of aromatic nitrogens is 1. The van der Waals surface area contributed by atoms with Crippen molar-refractivity contribution in [3.05, 3.63) is 71.1 Å². The van der Waals surface area contributed by atoms with Crippen molar-refractivity contribution < 1.29 is 17.6 Å². The molecule has 0 atom stereocenters. The lowest BCUT2D eigenvalue weighted by molar-refractivity contribution is 0.0950. The van der Waals surface area contributed by atoms with E-state index in [1.807, 2.05) is 0 Å². The van der Waals surface area contributed by atoms with E-state index in [0.717, 1.165) is 6.26 Å². The molecule has 26 heavy (non-hydrogen) atoms. The van der Waals surface area contributed by atoms with Crippen LogP contribution in [-0.2, 0) is 16.4 Å². The summed E-state index contributed by atoms with van der Waals surface area (Å²) >= 11 is 6.10. The van der Waals surface area contributed by atoms with Gasteiger partial charge in [0.2, 0.25) is 0 Å². The van der Waals surface area contributed by atoms with Gasteiger partial charge in [-0.25, -0.2) is 8.42 Å². The van der Waals surface area contributed by atoms with E-state index >= 15 is 0 Å². The molecule has 0 unspecified atom stereocenters. The van der Waals surface area contributed by atoms with Crippen LogP contribution in [0.3, 0.4) is 0 Å². The van der Waals surface area contributed by atoms with Gasteiger partial charge >= 0.3 is 0 Å². The minimum Gasteiger partial charge on any atom is -0.463 e. The van der Waals surface area contributed by atoms with Gasteiger partial charge in [-0.05, 0) is 42.0 Å². The fourth-order valence-electron chi connectivity index (χ4n) is 2.28. The number of nitrogens with zero attached hydrogens (tertiary/aromatic N) is 1. The molecule has 6 nitrogen and oxygen atoms in total. The van der Waals surface area contributed by atoms with Crippen LogP contribution in [0.25, 0.3) is 11.5 Å². The fourth-order valence-corrected chi connectivity index (χ4v) is 3.24. The molecule has 0 radical (unpaired) electrons. The smallest absolute Gasteiger partial charge is 0.253 e. The molecule has 1 aromatic carbocycles. The summed E-state index contributed by atoms with van der Waals surface area (Å²) in [4.78, 5) is 16.6. The van der Waals surface area contributed by atoms with Gasteiger partial charge < -0.3 is 9.73 Å². The zero-order valence-corrected chi connectivity index (χ0v) is 15.3. The number of carbonyl (C=O) groups excluding carboxylic acids is 1. The second kappa shape index (κ2) is 7.31. The van der Waals surface area contributed by atoms with Gasteiger partial charge in [0.1, 0.15) is 5.69 Å². The largest absolute Gasteiger partial charge is 0.463 e. The van der Waals surface area contributed by atoms with Gasteiger partial charge in [-0.2, -0.15) is 0 Å². The Morgan fingerprint density at radius 1 is 1.23 bits per heavy atom. The summed E-state index contributed by atoms with van der Waals surface area (Å²) < 4.78 is 28.3. The molecule has 0 saturated carbocycles. The predicted octanol–water partition coefficient (Wildman–Crippen LogP) is 3.33. The number of hydrogen-bond acceptors (Lipinski definition) is 5. The Labute approximate surface area is 155 Å². The number of pyridine rings is 1. The van der Waals surface area contributed by atoms with Crippen molar-refractivity contribution in [2.75, 3.05) is 6.26 Å². The van der Waals surface area contributed by atoms with Crippen molar-refractivity contribution >= 4 is 27.3 Å². The van der Waals surface area contributed by atoms with Gasteiger partial charge in [0.05, 0.1) is 16.7 Å². The number of halogens is 1. The first kappa shape index (κ1) is 18.2. The molecular weight excluding hydrogens is 376 g/mol. The van der Waals surface area contributed by atoms with Crippen LogP contribution in [-0.4, -0.2) is 25.6 Å². The van der Waals surface area contributed by atoms with Crippen LogP contribution in [0.15, 0.2) is 64.2 Å². The summed E-state index contributed by atoms with van der Waals surface area (Å²) in [5, 5.41) is 3.01. The van der Waals surface area contributed by atoms with Gasteiger partial charge in [-0.1, -0.05) is 17.7 Å². The summed E-state index contributed by atoms with van der Waals surface area (Å²) in [5.74, 6) is 0.307. The highest BCUT2D eigenvalue weighted by molar-refractivity contribution is 7.90. The molecule has 3 aromatic rings. The average molecular weight is 391 g/mol. The minimum atomic E-state index is -3.33. The maximum atomic E-state index is 12.2.